The Morgan fingerprint density at radius 3 is 2.32 bits per heavy atom. The second-order valence-corrected chi connectivity index (χ2v) is 6.14. The molecule has 1 amide bonds. The molecule has 1 fully saturated rings. The standard InChI is InChI=1S/C16H17IN2O3/c1-21-13-4-2-12(3-5-13)18-8-10-19(11-9-18)16(20)14-6-7-15(17)22-14/h2-7H,8-11H2,1H3. The second kappa shape index (κ2) is 6.60. The van der Waals surface area contributed by atoms with Gasteiger partial charge in [0, 0.05) is 31.9 Å². The van der Waals surface area contributed by atoms with Crippen molar-refractivity contribution in [2.45, 2.75) is 0 Å². The maximum atomic E-state index is 12.3. The van der Waals surface area contributed by atoms with Gasteiger partial charge in [-0.25, -0.2) is 0 Å². The van der Waals surface area contributed by atoms with Gasteiger partial charge in [-0.3, -0.25) is 4.79 Å². The fraction of sp³-hybridized carbons (Fsp3) is 0.312. The van der Waals surface area contributed by atoms with Gasteiger partial charge in [0.2, 0.25) is 0 Å². The van der Waals surface area contributed by atoms with Crippen molar-refractivity contribution in [1.82, 2.24) is 4.90 Å². The van der Waals surface area contributed by atoms with Crippen molar-refractivity contribution in [3.05, 3.63) is 45.9 Å². The van der Waals surface area contributed by atoms with Crippen LogP contribution in [0.3, 0.4) is 0 Å². The van der Waals surface area contributed by atoms with E-state index < -0.39 is 0 Å². The van der Waals surface area contributed by atoms with Crippen LogP contribution in [0.1, 0.15) is 10.6 Å². The van der Waals surface area contributed by atoms with Gasteiger partial charge in [-0.05, 0) is 59.0 Å². The summed E-state index contributed by atoms with van der Waals surface area (Å²) in [5, 5.41) is 0. The summed E-state index contributed by atoms with van der Waals surface area (Å²) in [6.07, 6.45) is 0. The number of halogens is 1. The minimum absolute atomic E-state index is 0.0303. The number of rotatable bonds is 3. The van der Waals surface area contributed by atoms with Crippen molar-refractivity contribution in [2.24, 2.45) is 0 Å². The summed E-state index contributed by atoms with van der Waals surface area (Å²) in [6, 6.07) is 11.5. The number of carbonyl (C=O) groups excluding carboxylic acids is 1. The van der Waals surface area contributed by atoms with Gasteiger partial charge >= 0.3 is 0 Å². The first kappa shape index (κ1) is 15.2. The Bertz CT molecular complexity index is 646. The summed E-state index contributed by atoms with van der Waals surface area (Å²) in [4.78, 5) is 16.4. The molecule has 0 saturated carbocycles. The maximum Gasteiger partial charge on any atom is 0.289 e. The summed E-state index contributed by atoms with van der Waals surface area (Å²) >= 11 is 2.07. The Morgan fingerprint density at radius 2 is 1.77 bits per heavy atom. The van der Waals surface area contributed by atoms with Crippen LogP contribution in [0.2, 0.25) is 0 Å². The van der Waals surface area contributed by atoms with E-state index >= 15 is 0 Å². The Morgan fingerprint density at radius 1 is 1.09 bits per heavy atom. The van der Waals surface area contributed by atoms with Gasteiger partial charge < -0.3 is 19.0 Å². The predicted molar refractivity (Wildman–Crippen MR) is 92.5 cm³/mol. The Hall–Kier alpha value is -1.70. The number of carbonyl (C=O) groups is 1. The van der Waals surface area contributed by atoms with E-state index in [9.17, 15) is 4.79 Å². The van der Waals surface area contributed by atoms with E-state index in [0.717, 1.165) is 28.3 Å². The molecule has 0 aliphatic carbocycles. The lowest BCUT2D eigenvalue weighted by Crippen LogP contribution is -2.48. The minimum Gasteiger partial charge on any atom is -0.497 e. The van der Waals surface area contributed by atoms with E-state index in [4.69, 9.17) is 9.15 Å². The topological polar surface area (TPSA) is 45.9 Å². The first-order valence-electron chi connectivity index (χ1n) is 7.11. The third kappa shape index (κ3) is 3.21. The van der Waals surface area contributed by atoms with Gasteiger partial charge in [0.05, 0.1) is 7.11 Å². The maximum absolute atomic E-state index is 12.3. The molecule has 1 saturated heterocycles. The summed E-state index contributed by atoms with van der Waals surface area (Å²) in [6.45, 7) is 3.02. The van der Waals surface area contributed by atoms with Crippen LogP contribution in [-0.4, -0.2) is 44.1 Å². The summed E-state index contributed by atoms with van der Waals surface area (Å²) in [5.41, 5.74) is 1.15. The van der Waals surface area contributed by atoms with Crippen LogP contribution >= 0.6 is 22.6 Å². The molecule has 0 bridgehead atoms. The summed E-state index contributed by atoms with van der Waals surface area (Å²) in [7, 11) is 1.66. The second-order valence-electron chi connectivity index (χ2n) is 5.08. The number of nitrogens with zero attached hydrogens (tertiary/aromatic N) is 2. The zero-order valence-corrected chi connectivity index (χ0v) is 14.4. The molecule has 2 aromatic rings. The summed E-state index contributed by atoms with van der Waals surface area (Å²) < 4.78 is 11.3. The first-order chi connectivity index (χ1) is 10.7. The van der Waals surface area contributed by atoms with Gasteiger partial charge in [0.15, 0.2) is 9.53 Å². The predicted octanol–water partition coefficient (Wildman–Crippen LogP) is 2.86. The molecule has 6 heteroatoms. The molecule has 1 aliphatic heterocycles. The highest BCUT2D eigenvalue weighted by Gasteiger charge is 2.24. The molecule has 0 N–H and O–H groups in total. The average molecular weight is 412 g/mol. The normalized spacial score (nSPS) is 15.0. The van der Waals surface area contributed by atoms with Gasteiger partial charge in [0.1, 0.15) is 5.75 Å². The molecular formula is C16H17IN2O3. The Kier molecular flexibility index (Phi) is 4.56. The number of benzene rings is 1. The molecule has 3 rings (SSSR count). The van der Waals surface area contributed by atoms with Crippen LogP contribution in [0.5, 0.6) is 5.75 Å². The summed E-state index contributed by atoms with van der Waals surface area (Å²) in [5.74, 6) is 1.24. The molecule has 1 aromatic heterocycles. The van der Waals surface area contributed by atoms with Crippen molar-refractivity contribution in [3.63, 3.8) is 0 Å². The lowest BCUT2D eigenvalue weighted by molar-refractivity contribution is 0.0713. The van der Waals surface area contributed by atoms with Crippen LogP contribution in [-0.2, 0) is 0 Å². The van der Waals surface area contributed by atoms with Gasteiger partial charge in [-0.15, -0.1) is 0 Å². The molecule has 1 aromatic carbocycles. The Labute approximate surface area is 143 Å². The highest BCUT2D eigenvalue weighted by atomic mass is 127. The first-order valence-corrected chi connectivity index (χ1v) is 8.19. The van der Waals surface area contributed by atoms with Crippen LogP contribution < -0.4 is 9.64 Å². The molecule has 2 heterocycles. The van der Waals surface area contributed by atoms with E-state index in [1.165, 1.54) is 0 Å². The largest absolute Gasteiger partial charge is 0.497 e. The van der Waals surface area contributed by atoms with Gasteiger partial charge in [-0.1, -0.05) is 0 Å². The van der Waals surface area contributed by atoms with Gasteiger partial charge in [-0.2, -0.15) is 0 Å². The fourth-order valence-electron chi connectivity index (χ4n) is 2.55. The third-order valence-corrected chi connectivity index (χ3v) is 4.37. The Balaban J connectivity index is 1.61. The SMILES string of the molecule is COc1ccc(N2CCN(C(=O)c3ccc(I)o3)CC2)cc1. The number of hydrogen-bond acceptors (Lipinski definition) is 4. The van der Waals surface area contributed by atoms with Crippen molar-refractivity contribution in [1.29, 1.82) is 0 Å². The van der Waals surface area contributed by atoms with E-state index in [2.05, 4.69) is 27.5 Å². The third-order valence-electron chi connectivity index (χ3n) is 3.79. The molecule has 5 nitrogen and oxygen atoms in total. The van der Waals surface area contributed by atoms with Crippen LogP contribution in [0.25, 0.3) is 0 Å². The van der Waals surface area contributed by atoms with Crippen molar-refractivity contribution >= 4 is 34.2 Å². The molecule has 0 radical (unpaired) electrons. The van der Waals surface area contributed by atoms with E-state index in [1.807, 2.05) is 29.2 Å². The molecule has 1 aliphatic rings. The highest BCUT2D eigenvalue weighted by Crippen LogP contribution is 2.21. The zero-order valence-electron chi connectivity index (χ0n) is 12.3. The van der Waals surface area contributed by atoms with E-state index in [0.29, 0.717) is 18.8 Å². The lowest BCUT2D eigenvalue weighted by atomic mass is 10.2. The quantitative estimate of drug-likeness (QED) is 0.728. The number of anilines is 1. The molecule has 116 valence electrons. The number of methoxy groups -OCH3 is 1. The zero-order chi connectivity index (χ0) is 15.5. The molecule has 0 atom stereocenters. The van der Waals surface area contributed by atoms with Crippen LogP contribution in [0.15, 0.2) is 40.8 Å². The number of ether oxygens (including phenoxy) is 1. The van der Waals surface area contributed by atoms with Crippen LogP contribution in [0, 0.1) is 3.77 Å². The van der Waals surface area contributed by atoms with Gasteiger partial charge in [0.25, 0.3) is 5.91 Å². The number of piperazine rings is 1. The number of hydrogen-bond donors (Lipinski definition) is 0. The monoisotopic (exact) mass is 412 g/mol. The van der Waals surface area contributed by atoms with Crippen LogP contribution in [0.4, 0.5) is 5.69 Å². The number of amides is 1. The molecule has 0 spiro atoms. The highest BCUT2D eigenvalue weighted by molar-refractivity contribution is 14.1. The lowest BCUT2D eigenvalue weighted by Gasteiger charge is -2.35. The molecule has 22 heavy (non-hydrogen) atoms. The molecule has 0 unspecified atom stereocenters. The van der Waals surface area contributed by atoms with Crippen molar-refractivity contribution in [2.75, 3.05) is 38.2 Å². The fourth-order valence-corrected chi connectivity index (χ4v) is 2.96. The van der Waals surface area contributed by atoms with E-state index in [-0.39, 0.29) is 5.91 Å². The average Bonchev–Trinajstić information content (AvgIpc) is 3.01. The minimum atomic E-state index is -0.0303. The van der Waals surface area contributed by atoms with Crippen molar-refractivity contribution in [3.8, 4) is 5.75 Å². The van der Waals surface area contributed by atoms with E-state index in [1.54, 1.807) is 19.2 Å². The smallest absolute Gasteiger partial charge is 0.289 e. The molecular weight excluding hydrogens is 395 g/mol. The van der Waals surface area contributed by atoms with Crippen molar-refractivity contribution < 1.29 is 13.9 Å². The number of furan rings is 1.